The van der Waals surface area contributed by atoms with Gasteiger partial charge in [-0.05, 0) is 48.9 Å². The number of imidazole rings is 1. The number of para-hydroxylation sites is 2. The fourth-order valence-corrected chi connectivity index (χ4v) is 4.55. The van der Waals surface area contributed by atoms with E-state index < -0.39 is 0 Å². The van der Waals surface area contributed by atoms with Gasteiger partial charge in [0.2, 0.25) is 0 Å². The standard InChI is InChI=1S/C20H19FN4/c21-10-13-8-9-24(12-13)20-15-5-3-4-14(15)16(11-22)19-23-17-6-1-2-7-18(17)25(19)20/h1-2,6-7,13H,3-5,8-10,12H2. The van der Waals surface area contributed by atoms with Crippen LogP contribution in [0.4, 0.5) is 10.2 Å². The highest BCUT2D eigenvalue weighted by Gasteiger charge is 2.31. The number of nitriles is 1. The van der Waals surface area contributed by atoms with E-state index in [9.17, 15) is 9.65 Å². The molecular weight excluding hydrogens is 315 g/mol. The van der Waals surface area contributed by atoms with Gasteiger partial charge in [0.05, 0.1) is 23.3 Å². The van der Waals surface area contributed by atoms with Crippen molar-refractivity contribution in [2.45, 2.75) is 25.7 Å². The van der Waals surface area contributed by atoms with Crippen molar-refractivity contribution in [3.05, 3.63) is 41.0 Å². The Balaban J connectivity index is 1.88. The molecule has 1 aromatic carbocycles. The number of nitrogens with zero attached hydrogens (tertiary/aromatic N) is 4. The molecule has 3 aromatic rings. The average molecular weight is 334 g/mol. The zero-order valence-corrected chi connectivity index (χ0v) is 14.0. The third-order valence-electron chi connectivity index (χ3n) is 5.70. The summed E-state index contributed by atoms with van der Waals surface area (Å²) in [6.07, 6.45) is 3.88. The Labute approximate surface area is 145 Å². The maximum absolute atomic E-state index is 13.2. The van der Waals surface area contributed by atoms with E-state index in [2.05, 4.69) is 21.4 Å². The lowest BCUT2D eigenvalue weighted by Crippen LogP contribution is -2.24. The molecule has 0 saturated carbocycles. The van der Waals surface area contributed by atoms with Gasteiger partial charge in [-0.3, -0.25) is 8.79 Å². The number of hydrogen-bond donors (Lipinski definition) is 0. The molecule has 0 bridgehead atoms. The Hall–Kier alpha value is -2.61. The molecule has 0 amide bonds. The Morgan fingerprint density at radius 3 is 2.88 bits per heavy atom. The van der Waals surface area contributed by atoms with Gasteiger partial charge in [-0.1, -0.05) is 12.1 Å². The van der Waals surface area contributed by atoms with E-state index in [0.717, 1.165) is 66.8 Å². The molecule has 1 saturated heterocycles. The highest BCUT2D eigenvalue weighted by atomic mass is 19.1. The number of alkyl halides is 1. The van der Waals surface area contributed by atoms with Crippen LogP contribution in [-0.2, 0) is 12.8 Å². The molecule has 1 unspecified atom stereocenters. The van der Waals surface area contributed by atoms with Crippen LogP contribution < -0.4 is 4.90 Å². The summed E-state index contributed by atoms with van der Waals surface area (Å²) in [4.78, 5) is 7.09. The fourth-order valence-electron chi connectivity index (χ4n) is 4.55. The van der Waals surface area contributed by atoms with Gasteiger partial charge in [0, 0.05) is 19.0 Å². The lowest BCUT2D eigenvalue weighted by molar-refractivity contribution is 0.384. The van der Waals surface area contributed by atoms with Gasteiger partial charge in [0.25, 0.3) is 0 Å². The van der Waals surface area contributed by atoms with E-state index in [1.54, 1.807) is 0 Å². The number of aromatic nitrogens is 2. The van der Waals surface area contributed by atoms with E-state index >= 15 is 0 Å². The lowest BCUT2D eigenvalue weighted by atomic mass is 10.1. The summed E-state index contributed by atoms with van der Waals surface area (Å²) in [6, 6.07) is 10.4. The minimum Gasteiger partial charge on any atom is -0.357 e. The Bertz CT molecular complexity index is 1030. The zero-order valence-electron chi connectivity index (χ0n) is 14.0. The van der Waals surface area contributed by atoms with Crippen molar-refractivity contribution < 1.29 is 4.39 Å². The van der Waals surface area contributed by atoms with E-state index in [-0.39, 0.29) is 12.6 Å². The van der Waals surface area contributed by atoms with Crippen LogP contribution in [0, 0.1) is 17.2 Å². The molecular formula is C20H19FN4. The van der Waals surface area contributed by atoms with E-state index in [1.165, 1.54) is 5.56 Å². The smallest absolute Gasteiger partial charge is 0.157 e. The number of rotatable bonds is 2. The van der Waals surface area contributed by atoms with Gasteiger partial charge in [-0.15, -0.1) is 0 Å². The first-order valence-electron chi connectivity index (χ1n) is 8.97. The summed E-state index contributed by atoms with van der Waals surface area (Å²) in [5.41, 5.74) is 5.83. The molecule has 126 valence electrons. The maximum Gasteiger partial charge on any atom is 0.157 e. The molecule has 1 fully saturated rings. The lowest BCUT2D eigenvalue weighted by Gasteiger charge is -2.24. The molecule has 1 atom stereocenters. The van der Waals surface area contributed by atoms with Crippen molar-refractivity contribution in [2.75, 3.05) is 24.7 Å². The first-order valence-corrected chi connectivity index (χ1v) is 8.97. The van der Waals surface area contributed by atoms with Crippen LogP contribution in [0.3, 0.4) is 0 Å². The zero-order chi connectivity index (χ0) is 17.0. The summed E-state index contributed by atoms with van der Waals surface area (Å²) in [6.45, 7) is 1.35. The van der Waals surface area contributed by atoms with Crippen molar-refractivity contribution in [1.29, 1.82) is 5.26 Å². The molecule has 3 heterocycles. The van der Waals surface area contributed by atoms with E-state index in [4.69, 9.17) is 4.98 Å². The van der Waals surface area contributed by atoms with Gasteiger partial charge in [0.15, 0.2) is 5.65 Å². The summed E-state index contributed by atoms with van der Waals surface area (Å²) in [5.74, 6) is 1.25. The predicted molar refractivity (Wildman–Crippen MR) is 95.7 cm³/mol. The topological polar surface area (TPSA) is 44.3 Å². The van der Waals surface area contributed by atoms with Gasteiger partial charge >= 0.3 is 0 Å². The summed E-state index contributed by atoms with van der Waals surface area (Å²) in [7, 11) is 0. The summed E-state index contributed by atoms with van der Waals surface area (Å²) >= 11 is 0. The van der Waals surface area contributed by atoms with Crippen molar-refractivity contribution in [2.24, 2.45) is 5.92 Å². The Kier molecular flexibility index (Phi) is 3.21. The number of benzene rings is 1. The molecule has 1 aliphatic heterocycles. The summed E-state index contributed by atoms with van der Waals surface area (Å²) < 4.78 is 15.3. The van der Waals surface area contributed by atoms with Crippen LogP contribution in [0.1, 0.15) is 29.5 Å². The second-order valence-electron chi connectivity index (χ2n) is 7.14. The second-order valence-corrected chi connectivity index (χ2v) is 7.14. The molecule has 4 nitrogen and oxygen atoms in total. The van der Waals surface area contributed by atoms with E-state index in [1.807, 2.05) is 18.2 Å². The average Bonchev–Trinajstić information content (AvgIpc) is 3.37. The molecule has 2 aromatic heterocycles. The SMILES string of the molecule is N#Cc1c2c(c(N3CCC(CF)C3)n3c1nc1ccccc13)CCC2. The van der Waals surface area contributed by atoms with Crippen LogP contribution in [0.5, 0.6) is 0 Å². The van der Waals surface area contributed by atoms with Gasteiger partial charge in [-0.25, -0.2) is 4.98 Å². The number of pyridine rings is 1. The number of fused-ring (bicyclic) bond motifs is 4. The minimum atomic E-state index is -0.261. The number of halogens is 1. The first kappa shape index (κ1) is 14.7. The monoisotopic (exact) mass is 334 g/mol. The maximum atomic E-state index is 13.2. The highest BCUT2D eigenvalue weighted by molar-refractivity contribution is 5.86. The van der Waals surface area contributed by atoms with Crippen LogP contribution in [0.15, 0.2) is 24.3 Å². The van der Waals surface area contributed by atoms with Crippen molar-refractivity contribution >= 4 is 22.5 Å². The third-order valence-corrected chi connectivity index (χ3v) is 5.70. The van der Waals surface area contributed by atoms with Crippen LogP contribution >= 0.6 is 0 Å². The molecule has 2 aliphatic rings. The summed E-state index contributed by atoms with van der Waals surface area (Å²) in [5, 5.41) is 9.79. The quantitative estimate of drug-likeness (QED) is 0.719. The Morgan fingerprint density at radius 1 is 1.24 bits per heavy atom. The predicted octanol–water partition coefficient (Wildman–Crippen LogP) is 3.64. The largest absolute Gasteiger partial charge is 0.357 e. The van der Waals surface area contributed by atoms with Crippen LogP contribution in [-0.4, -0.2) is 29.1 Å². The van der Waals surface area contributed by atoms with Gasteiger partial charge < -0.3 is 4.90 Å². The molecule has 0 spiro atoms. The highest BCUT2D eigenvalue weighted by Crippen LogP contribution is 2.39. The van der Waals surface area contributed by atoms with Gasteiger partial charge in [-0.2, -0.15) is 5.26 Å². The second kappa shape index (κ2) is 5.45. The molecule has 25 heavy (non-hydrogen) atoms. The Morgan fingerprint density at radius 2 is 2.08 bits per heavy atom. The molecule has 0 radical (unpaired) electrons. The van der Waals surface area contributed by atoms with Crippen molar-refractivity contribution in [3.63, 3.8) is 0 Å². The molecule has 5 heteroatoms. The van der Waals surface area contributed by atoms with Crippen molar-refractivity contribution in [3.8, 4) is 6.07 Å². The van der Waals surface area contributed by atoms with Crippen molar-refractivity contribution in [1.82, 2.24) is 9.38 Å². The van der Waals surface area contributed by atoms with Gasteiger partial charge in [0.1, 0.15) is 11.9 Å². The first-order chi connectivity index (χ1) is 12.3. The molecule has 1 aliphatic carbocycles. The van der Waals surface area contributed by atoms with Crippen LogP contribution in [0.2, 0.25) is 0 Å². The third kappa shape index (κ3) is 2.00. The number of hydrogen-bond acceptors (Lipinski definition) is 3. The normalized spacial score (nSPS) is 19.7. The van der Waals surface area contributed by atoms with Crippen LogP contribution in [0.25, 0.3) is 16.7 Å². The van der Waals surface area contributed by atoms with E-state index in [0.29, 0.717) is 5.56 Å². The molecule has 5 rings (SSSR count). The molecule has 0 N–H and O–H groups in total. The number of anilines is 1. The fraction of sp³-hybridized carbons (Fsp3) is 0.400. The minimum absolute atomic E-state index is 0.109.